The zero-order chi connectivity index (χ0) is 14.1. The van der Waals surface area contributed by atoms with Crippen LogP contribution in [-0.4, -0.2) is 14.0 Å². The van der Waals surface area contributed by atoms with Crippen molar-refractivity contribution in [2.24, 2.45) is 0 Å². The summed E-state index contributed by atoms with van der Waals surface area (Å²) in [5.74, 6) is 2.39. The van der Waals surface area contributed by atoms with Gasteiger partial charge in [-0.25, -0.2) is 8.42 Å². The highest BCUT2D eigenvalue weighted by molar-refractivity contribution is 7.89. The van der Waals surface area contributed by atoms with Crippen LogP contribution in [0.4, 0.5) is 5.69 Å². The number of anilines is 1. The maximum absolute atomic E-state index is 12.2. The van der Waals surface area contributed by atoms with Crippen molar-refractivity contribution in [3.8, 4) is 12.3 Å². The summed E-state index contributed by atoms with van der Waals surface area (Å²) in [6.07, 6.45) is 5.27. The number of hydrogen-bond donors (Lipinski definition) is 2. The molecular weight excluding hydrogens is 248 g/mol. The molecule has 5 heteroatoms. The van der Waals surface area contributed by atoms with Crippen molar-refractivity contribution in [1.29, 1.82) is 0 Å². The third-order valence-electron chi connectivity index (χ3n) is 2.74. The summed E-state index contributed by atoms with van der Waals surface area (Å²) in [4.78, 5) is 0.131. The highest BCUT2D eigenvalue weighted by atomic mass is 32.2. The minimum Gasteiger partial charge on any atom is -0.398 e. The predicted octanol–water partition coefficient (Wildman–Crippen LogP) is 1.58. The number of sulfonamides is 1. The standard InChI is InChI=1S/C13H18N2O2S/c1-6-13(4,5)15-18(16,17)11-7-9(2)10(3)12(14)8-11/h1,7-8,15H,14H2,2-5H3. The van der Waals surface area contributed by atoms with Gasteiger partial charge in [-0.1, -0.05) is 5.92 Å². The van der Waals surface area contributed by atoms with E-state index in [1.165, 1.54) is 6.07 Å². The van der Waals surface area contributed by atoms with Crippen molar-refractivity contribution < 1.29 is 8.42 Å². The molecule has 0 aliphatic carbocycles. The molecule has 0 aromatic heterocycles. The lowest BCUT2D eigenvalue weighted by Gasteiger charge is -2.20. The quantitative estimate of drug-likeness (QED) is 0.644. The Bertz CT molecular complexity index is 587. The van der Waals surface area contributed by atoms with Crippen molar-refractivity contribution in [1.82, 2.24) is 4.72 Å². The summed E-state index contributed by atoms with van der Waals surface area (Å²) in [5, 5.41) is 0. The van der Waals surface area contributed by atoms with Crippen molar-refractivity contribution in [2.75, 3.05) is 5.73 Å². The second-order valence-electron chi connectivity index (χ2n) is 4.83. The second kappa shape index (κ2) is 4.63. The molecule has 0 amide bonds. The predicted molar refractivity (Wildman–Crippen MR) is 73.6 cm³/mol. The molecule has 0 unspecified atom stereocenters. The fourth-order valence-corrected chi connectivity index (χ4v) is 2.89. The van der Waals surface area contributed by atoms with Gasteiger partial charge in [0.05, 0.1) is 10.4 Å². The number of nitrogen functional groups attached to an aromatic ring is 1. The molecular formula is C13H18N2O2S. The minimum absolute atomic E-state index is 0.131. The molecule has 98 valence electrons. The highest BCUT2D eigenvalue weighted by Gasteiger charge is 2.24. The van der Waals surface area contributed by atoms with Gasteiger partial charge in [-0.2, -0.15) is 4.72 Å². The normalized spacial score (nSPS) is 12.2. The lowest BCUT2D eigenvalue weighted by atomic mass is 10.1. The highest BCUT2D eigenvalue weighted by Crippen LogP contribution is 2.22. The van der Waals surface area contributed by atoms with Crippen LogP contribution < -0.4 is 10.5 Å². The van der Waals surface area contributed by atoms with Crippen LogP contribution in [0.15, 0.2) is 17.0 Å². The molecule has 0 atom stereocenters. The zero-order valence-corrected chi connectivity index (χ0v) is 11.9. The van der Waals surface area contributed by atoms with Gasteiger partial charge in [-0.15, -0.1) is 6.42 Å². The molecule has 1 rings (SSSR count). The summed E-state index contributed by atoms with van der Waals surface area (Å²) in [6, 6.07) is 3.03. The fourth-order valence-electron chi connectivity index (χ4n) is 1.43. The Morgan fingerprint density at radius 1 is 1.33 bits per heavy atom. The molecule has 0 saturated heterocycles. The van der Waals surface area contributed by atoms with Gasteiger partial charge in [0.1, 0.15) is 0 Å². The topological polar surface area (TPSA) is 72.2 Å². The first-order chi connectivity index (χ1) is 8.09. The van der Waals surface area contributed by atoms with Gasteiger partial charge >= 0.3 is 0 Å². The average molecular weight is 266 g/mol. The molecule has 0 radical (unpaired) electrons. The van der Waals surface area contributed by atoms with Crippen LogP contribution in [0.1, 0.15) is 25.0 Å². The summed E-state index contributed by atoms with van der Waals surface area (Å²) < 4.78 is 26.8. The van der Waals surface area contributed by atoms with Crippen LogP contribution in [0.25, 0.3) is 0 Å². The number of hydrogen-bond acceptors (Lipinski definition) is 3. The molecule has 0 fully saturated rings. The van der Waals surface area contributed by atoms with E-state index in [4.69, 9.17) is 12.2 Å². The molecule has 4 nitrogen and oxygen atoms in total. The van der Waals surface area contributed by atoms with Crippen LogP contribution in [0.2, 0.25) is 0 Å². The van der Waals surface area contributed by atoms with Crippen molar-refractivity contribution >= 4 is 15.7 Å². The van der Waals surface area contributed by atoms with Crippen molar-refractivity contribution in [3.05, 3.63) is 23.3 Å². The minimum atomic E-state index is -3.66. The number of rotatable bonds is 3. The van der Waals surface area contributed by atoms with Gasteiger partial charge in [0, 0.05) is 5.69 Å². The van der Waals surface area contributed by atoms with E-state index in [9.17, 15) is 8.42 Å². The molecule has 0 aliphatic rings. The zero-order valence-electron chi connectivity index (χ0n) is 11.0. The van der Waals surface area contributed by atoms with E-state index in [1.54, 1.807) is 19.9 Å². The third kappa shape index (κ3) is 3.03. The van der Waals surface area contributed by atoms with E-state index in [2.05, 4.69) is 10.6 Å². The van der Waals surface area contributed by atoms with Gasteiger partial charge in [0.2, 0.25) is 10.0 Å². The van der Waals surface area contributed by atoms with Crippen molar-refractivity contribution in [2.45, 2.75) is 38.1 Å². The van der Waals surface area contributed by atoms with Gasteiger partial charge in [0.15, 0.2) is 0 Å². The molecule has 0 heterocycles. The number of nitrogens with two attached hydrogens (primary N) is 1. The van der Waals surface area contributed by atoms with Crippen molar-refractivity contribution in [3.63, 3.8) is 0 Å². The van der Waals surface area contributed by atoms with Gasteiger partial charge in [-0.05, 0) is 51.0 Å². The molecule has 0 spiro atoms. The van der Waals surface area contributed by atoms with E-state index in [-0.39, 0.29) is 4.90 Å². The SMILES string of the molecule is C#CC(C)(C)NS(=O)(=O)c1cc(C)c(C)c(N)c1. The molecule has 1 aromatic carbocycles. The van der Waals surface area contributed by atoms with Gasteiger partial charge in [0.25, 0.3) is 0 Å². The first-order valence-electron chi connectivity index (χ1n) is 5.47. The summed E-state index contributed by atoms with van der Waals surface area (Å²) >= 11 is 0. The monoisotopic (exact) mass is 266 g/mol. The Kier molecular flexibility index (Phi) is 3.75. The number of benzene rings is 1. The van der Waals surface area contributed by atoms with Gasteiger partial charge in [-0.3, -0.25) is 0 Å². The number of nitrogens with one attached hydrogen (secondary N) is 1. The lowest BCUT2D eigenvalue weighted by Crippen LogP contribution is -2.42. The second-order valence-corrected chi connectivity index (χ2v) is 6.51. The molecule has 1 aromatic rings. The van der Waals surface area contributed by atoms with Crippen LogP contribution in [0, 0.1) is 26.2 Å². The Hall–Kier alpha value is -1.51. The third-order valence-corrected chi connectivity index (χ3v) is 4.38. The molecule has 0 aliphatic heterocycles. The number of aryl methyl sites for hydroxylation is 1. The van der Waals surface area contributed by atoms with E-state index in [0.717, 1.165) is 11.1 Å². The van der Waals surface area contributed by atoms with E-state index >= 15 is 0 Å². The van der Waals surface area contributed by atoms with Crippen LogP contribution >= 0.6 is 0 Å². The fraction of sp³-hybridized carbons (Fsp3) is 0.385. The van der Waals surface area contributed by atoms with Crippen LogP contribution in [-0.2, 0) is 10.0 Å². The first kappa shape index (κ1) is 14.6. The first-order valence-corrected chi connectivity index (χ1v) is 6.96. The van der Waals surface area contributed by atoms with Gasteiger partial charge < -0.3 is 5.73 Å². The summed E-state index contributed by atoms with van der Waals surface area (Å²) in [5.41, 5.74) is 7.00. The van der Waals surface area contributed by atoms with Crippen LogP contribution in [0.5, 0.6) is 0 Å². The molecule has 18 heavy (non-hydrogen) atoms. The maximum atomic E-state index is 12.2. The Morgan fingerprint density at radius 2 is 1.89 bits per heavy atom. The summed E-state index contributed by atoms with van der Waals surface area (Å²) in [6.45, 7) is 6.90. The number of terminal acetylenes is 1. The average Bonchev–Trinajstić information content (AvgIpc) is 2.23. The smallest absolute Gasteiger partial charge is 0.241 e. The molecule has 0 saturated carbocycles. The van der Waals surface area contributed by atoms with E-state index < -0.39 is 15.6 Å². The Morgan fingerprint density at radius 3 is 2.33 bits per heavy atom. The van der Waals surface area contributed by atoms with Crippen LogP contribution in [0.3, 0.4) is 0 Å². The van der Waals surface area contributed by atoms with E-state index in [0.29, 0.717) is 5.69 Å². The Labute approximate surface area is 109 Å². The van der Waals surface area contributed by atoms with E-state index in [1.807, 2.05) is 13.8 Å². The largest absolute Gasteiger partial charge is 0.398 e. The lowest BCUT2D eigenvalue weighted by molar-refractivity contribution is 0.539. The summed E-state index contributed by atoms with van der Waals surface area (Å²) in [7, 11) is -3.66. The molecule has 0 bridgehead atoms. The maximum Gasteiger partial charge on any atom is 0.241 e. The Balaban J connectivity index is 3.27. The molecule has 3 N–H and O–H groups in total.